The fourth-order valence-corrected chi connectivity index (χ4v) is 3.15. The molecule has 0 aromatic heterocycles. The number of benzene rings is 2. The number of hydrogen-bond acceptors (Lipinski definition) is 4. The van der Waals surface area contributed by atoms with Crippen molar-refractivity contribution < 1.29 is 19.1 Å². The van der Waals surface area contributed by atoms with Crippen molar-refractivity contribution >= 4 is 29.1 Å². The van der Waals surface area contributed by atoms with E-state index in [1.807, 2.05) is 6.07 Å². The summed E-state index contributed by atoms with van der Waals surface area (Å²) >= 11 is 6.33. The molecule has 2 aromatic carbocycles. The van der Waals surface area contributed by atoms with Crippen LogP contribution in [-0.4, -0.2) is 25.5 Å². The Hall–Kier alpha value is -2.73. The molecule has 1 aliphatic heterocycles. The zero-order valence-electron chi connectivity index (χ0n) is 16.1. The highest BCUT2D eigenvalue weighted by molar-refractivity contribution is 6.32. The van der Waals surface area contributed by atoms with Crippen LogP contribution >= 0.6 is 11.6 Å². The molecule has 6 nitrogen and oxygen atoms in total. The van der Waals surface area contributed by atoms with Crippen molar-refractivity contribution in [1.29, 1.82) is 0 Å². The number of methoxy groups -OCH3 is 1. The van der Waals surface area contributed by atoms with Gasteiger partial charge in [0.25, 0.3) is 11.8 Å². The van der Waals surface area contributed by atoms with Gasteiger partial charge in [0.2, 0.25) is 0 Å². The van der Waals surface area contributed by atoms with Gasteiger partial charge in [0.1, 0.15) is 0 Å². The first-order valence-corrected chi connectivity index (χ1v) is 9.49. The Bertz CT molecular complexity index is 912. The molecule has 2 N–H and O–H groups in total. The summed E-state index contributed by atoms with van der Waals surface area (Å²) in [6.45, 7) is 5.24. The van der Waals surface area contributed by atoms with Crippen LogP contribution in [0.3, 0.4) is 0 Å². The maximum absolute atomic E-state index is 12.7. The number of hydrogen-bond donors (Lipinski definition) is 2. The predicted molar refractivity (Wildman–Crippen MR) is 109 cm³/mol. The van der Waals surface area contributed by atoms with Crippen molar-refractivity contribution in [3.8, 4) is 11.5 Å². The van der Waals surface area contributed by atoms with Gasteiger partial charge in [-0.1, -0.05) is 31.5 Å². The Morgan fingerprint density at radius 2 is 2.07 bits per heavy atom. The fourth-order valence-electron chi connectivity index (χ4n) is 2.88. The molecule has 0 radical (unpaired) electrons. The molecule has 3 rings (SSSR count). The second-order valence-electron chi connectivity index (χ2n) is 7.03. The molecule has 0 bridgehead atoms. The van der Waals surface area contributed by atoms with Crippen molar-refractivity contribution in [1.82, 2.24) is 5.32 Å². The molecule has 0 fully saturated rings. The van der Waals surface area contributed by atoms with Crippen LogP contribution in [0.5, 0.6) is 11.5 Å². The van der Waals surface area contributed by atoms with Gasteiger partial charge in [0.15, 0.2) is 11.5 Å². The number of carbonyl (C=O) groups is 2. The third-order valence-corrected chi connectivity index (χ3v) is 4.77. The second kappa shape index (κ2) is 8.52. The number of fused-ring (bicyclic) bond motifs is 1. The van der Waals surface area contributed by atoms with Gasteiger partial charge in [0.05, 0.1) is 18.7 Å². The first-order chi connectivity index (χ1) is 13.4. The summed E-state index contributed by atoms with van der Waals surface area (Å²) in [5.74, 6) is 0.834. The number of halogens is 1. The molecule has 0 atom stereocenters. The van der Waals surface area contributed by atoms with E-state index in [4.69, 9.17) is 21.1 Å². The average molecular weight is 403 g/mol. The van der Waals surface area contributed by atoms with E-state index >= 15 is 0 Å². The van der Waals surface area contributed by atoms with E-state index in [2.05, 4.69) is 24.5 Å². The number of carbonyl (C=O) groups excluding carboxylic acids is 2. The lowest BCUT2D eigenvalue weighted by Crippen LogP contribution is -2.14. The quantitative estimate of drug-likeness (QED) is 0.725. The molecule has 148 valence electrons. The highest BCUT2D eigenvalue weighted by atomic mass is 35.5. The summed E-state index contributed by atoms with van der Waals surface area (Å²) in [5.41, 5.74) is 2.36. The lowest BCUT2D eigenvalue weighted by molar-refractivity contribution is 0.0964. The van der Waals surface area contributed by atoms with Crippen LogP contribution < -0.4 is 20.1 Å². The van der Waals surface area contributed by atoms with E-state index in [1.165, 1.54) is 7.11 Å². The van der Waals surface area contributed by atoms with Gasteiger partial charge in [-0.15, -0.1) is 0 Å². The molecule has 0 spiro atoms. The largest absolute Gasteiger partial charge is 0.493 e. The summed E-state index contributed by atoms with van der Waals surface area (Å²) < 4.78 is 11.1. The second-order valence-corrected chi connectivity index (χ2v) is 7.44. The molecular weight excluding hydrogens is 380 g/mol. The summed E-state index contributed by atoms with van der Waals surface area (Å²) in [6, 6.07) is 8.38. The highest BCUT2D eigenvalue weighted by Crippen LogP contribution is 2.37. The lowest BCUT2D eigenvalue weighted by Gasteiger charge is -2.15. The van der Waals surface area contributed by atoms with E-state index in [-0.39, 0.29) is 11.8 Å². The van der Waals surface area contributed by atoms with Crippen LogP contribution in [0.4, 0.5) is 5.69 Å². The Labute approximate surface area is 169 Å². The lowest BCUT2D eigenvalue weighted by atomic mass is 10.1. The summed E-state index contributed by atoms with van der Waals surface area (Å²) in [6.07, 6.45) is 0.883. The zero-order valence-corrected chi connectivity index (χ0v) is 16.9. The van der Waals surface area contributed by atoms with Gasteiger partial charge < -0.3 is 20.1 Å². The van der Waals surface area contributed by atoms with Gasteiger partial charge in [-0.3, -0.25) is 9.59 Å². The van der Waals surface area contributed by atoms with Crippen LogP contribution in [0.2, 0.25) is 5.02 Å². The van der Waals surface area contributed by atoms with Gasteiger partial charge >= 0.3 is 0 Å². The number of rotatable bonds is 7. The minimum atomic E-state index is -0.354. The predicted octanol–water partition coefficient (Wildman–Crippen LogP) is 4.27. The molecule has 2 amide bonds. The number of amides is 2. The third-order valence-electron chi connectivity index (χ3n) is 4.48. The maximum atomic E-state index is 12.7. The SMILES string of the molecule is COc1cc(C(=O)Nc2ccc3c(c2)C(=O)NC3)cc(Cl)c1OCCC(C)C. The first kappa shape index (κ1) is 20.0. The number of anilines is 1. The molecule has 0 unspecified atom stereocenters. The Morgan fingerprint density at radius 1 is 1.29 bits per heavy atom. The van der Waals surface area contributed by atoms with E-state index in [0.717, 1.165) is 12.0 Å². The van der Waals surface area contributed by atoms with Crippen molar-refractivity contribution in [2.24, 2.45) is 5.92 Å². The van der Waals surface area contributed by atoms with Crippen LogP contribution in [-0.2, 0) is 6.54 Å². The fraction of sp³-hybridized carbons (Fsp3) is 0.333. The summed E-state index contributed by atoms with van der Waals surface area (Å²) in [4.78, 5) is 24.5. The van der Waals surface area contributed by atoms with Gasteiger partial charge in [0, 0.05) is 23.4 Å². The highest BCUT2D eigenvalue weighted by Gasteiger charge is 2.20. The minimum absolute atomic E-state index is 0.140. The standard InChI is InChI=1S/C21H23ClN2O4/c1-12(2)6-7-28-19-17(22)8-14(9-18(19)27-3)20(25)24-15-5-4-13-11-23-21(26)16(13)10-15/h4-5,8-10,12H,6-7,11H2,1-3H3,(H,23,26)(H,24,25). The molecule has 0 saturated carbocycles. The van der Waals surface area contributed by atoms with Crippen LogP contribution in [0.15, 0.2) is 30.3 Å². The van der Waals surface area contributed by atoms with E-state index in [1.54, 1.807) is 24.3 Å². The summed E-state index contributed by atoms with van der Waals surface area (Å²) in [5, 5.41) is 5.85. The minimum Gasteiger partial charge on any atom is -0.493 e. The Morgan fingerprint density at radius 3 is 2.79 bits per heavy atom. The molecule has 1 aliphatic rings. The van der Waals surface area contributed by atoms with E-state index < -0.39 is 0 Å². The van der Waals surface area contributed by atoms with Gasteiger partial charge in [-0.25, -0.2) is 0 Å². The zero-order chi connectivity index (χ0) is 20.3. The van der Waals surface area contributed by atoms with Crippen molar-refractivity contribution in [2.45, 2.75) is 26.8 Å². The normalized spacial score (nSPS) is 12.5. The molecule has 0 aliphatic carbocycles. The Balaban J connectivity index is 1.77. The molecule has 28 heavy (non-hydrogen) atoms. The monoisotopic (exact) mass is 402 g/mol. The average Bonchev–Trinajstić information content (AvgIpc) is 3.03. The van der Waals surface area contributed by atoms with Crippen molar-refractivity contribution in [3.05, 3.63) is 52.0 Å². The van der Waals surface area contributed by atoms with Crippen LogP contribution in [0, 0.1) is 5.92 Å². The maximum Gasteiger partial charge on any atom is 0.255 e. The first-order valence-electron chi connectivity index (χ1n) is 9.12. The molecule has 1 heterocycles. The van der Waals surface area contributed by atoms with E-state index in [0.29, 0.717) is 52.4 Å². The summed E-state index contributed by atoms with van der Waals surface area (Å²) in [7, 11) is 1.50. The number of ether oxygens (including phenoxy) is 2. The third kappa shape index (κ3) is 4.39. The van der Waals surface area contributed by atoms with Crippen LogP contribution in [0.1, 0.15) is 46.5 Å². The van der Waals surface area contributed by atoms with E-state index in [9.17, 15) is 9.59 Å². The van der Waals surface area contributed by atoms with Crippen molar-refractivity contribution in [3.63, 3.8) is 0 Å². The van der Waals surface area contributed by atoms with Gasteiger partial charge in [-0.2, -0.15) is 0 Å². The Kier molecular flexibility index (Phi) is 6.09. The smallest absolute Gasteiger partial charge is 0.255 e. The number of nitrogens with one attached hydrogen (secondary N) is 2. The van der Waals surface area contributed by atoms with Crippen LogP contribution in [0.25, 0.3) is 0 Å². The topological polar surface area (TPSA) is 76.7 Å². The van der Waals surface area contributed by atoms with Gasteiger partial charge in [-0.05, 0) is 42.2 Å². The van der Waals surface area contributed by atoms with Crippen molar-refractivity contribution in [2.75, 3.05) is 19.0 Å². The molecule has 0 saturated heterocycles. The molecule has 7 heteroatoms. The molecular formula is C21H23ClN2O4. The molecule has 2 aromatic rings.